The Kier molecular flexibility index (Phi) is 6.76. The van der Waals surface area contributed by atoms with E-state index >= 15 is 0 Å². The van der Waals surface area contributed by atoms with Crippen LogP contribution in [0.3, 0.4) is 0 Å². The lowest BCUT2D eigenvalue weighted by Crippen LogP contribution is -2.42. The van der Waals surface area contributed by atoms with Gasteiger partial charge in [0.2, 0.25) is 0 Å². The Hall–Kier alpha value is -1.67. The van der Waals surface area contributed by atoms with Crippen LogP contribution in [0.1, 0.15) is 39.0 Å². The van der Waals surface area contributed by atoms with E-state index in [1.54, 1.807) is 6.07 Å². The monoisotopic (exact) mass is 329 g/mol. The van der Waals surface area contributed by atoms with Crippen molar-refractivity contribution in [2.24, 2.45) is 0 Å². The molecule has 0 saturated carbocycles. The first-order valence-corrected chi connectivity index (χ1v) is 7.96. The van der Waals surface area contributed by atoms with E-state index in [9.17, 15) is 14.9 Å². The number of carbonyl (C=O) groups excluding carboxylic acids is 1. The number of ether oxygens (including phenoxy) is 1. The normalized spacial score (nSPS) is 12.7. The maximum absolute atomic E-state index is 11.6. The third-order valence-electron chi connectivity index (χ3n) is 2.78. The number of nitrogens with zero attached hydrogens (tertiary/aromatic N) is 1. The summed E-state index contributed by atoms with van der Waals surface area (Å²) in [7, 11) is 0. The third kappa shape index (κ3) is 6.86. The number of carbonyl (C=O) groups is 1. The zero-order valence-corrected chi connectivity index (χ0v) is 14.2. The second-order valence-corrected chi connectivity index (χ2v) is 7.01. The molecule has 1 atom stereocenters. The van der Waals surface area contributed by atoms with E-state index in [4.69, 9.17) is 4.74 Å². The molecule has 0 saturated heterocycles. The van der Waals surface area contributed by atoms with Gasteiger partial charge in [0, 0.05) is 30.1 Å². The molecule has 0 radical (unpaired) electrons. The summed E-state index contributed by atoms with van der Waals surface area (Å²) in [6.45, 7) is 8.42. The molecule has 0 aliphatic rings. The highest BCUT2D eigenvalue weighted by Crippen LogP contribution is 2.23. The summed E-state index contributed by atoms with van der Waals surface area (Å²) in [5.74, 6) is 0. The van der Waals surface area contributed by atoms with E-state index in [0.717, 1.165) is 22.6 Å². The maximum Gasteiger partial charge on any atom is 0.407 e. The van der Waals surface area contributed by atoms with Crippen molar-refractivity contribution in [3.05, 3.63) is 27.1 Å². The van der Waals surface area contributed by atoms with Crippen LogP contribution in [0.15, 0.2) is 12.1 Å². The zero-order chi connectivity index (χ0) is 16.8. The van der Waals surface area contributed by atoms with Gasteiger partial charge in [-0.1, -0.05) is 18.3 Å². The second kappa shape index (κ2) is 8.09. The van der Waals surface area contributed by atoms with Crippen molar-refractivity contribution in [2.45, 2.75) is 52.3 Å². The maximum atomic E-state index is 11.6. The summed E-state index contributed by atoms with van der Waals surface area (Å²) in [6, 6.07) is 3.32. The number of hydrogen-bond acceptors (Lipinski definition) is 6. The largest absolute Gasteiger partial charge is 0.444 e. The van der Waals surface area contributed by atoms with E-state index in [1.165, 1.54) is 6.07 Å². The van der Waals surface area contributed by atoms with Crippen LogP contribution < -0.4 is 10.6 Å². The minimum atomic E-state index is -0.519. The molecule has 1 rings (SSSR count). The highest BCUT2D eigenvalue weighted by Gasteiger charge is 2.17. The Morgan fingerprint density at radius 1 is 1.45 bits per heavy atom. The number of amides is 1. The SMILES string of the molecule is CCC(CNC(=O)OC(C)(C)C)NCc1ccc([N+](=O)[O-])s1. The molecule has 0 aliphatic carbocycles. The van der Waals surface area contributed by atoms with Gasteiger partial charge in [0.15, 0.2) is 0 Å². The lowest BCUT2D eigenvalue weighted by atomic mass is 10.2. The molecular weight excluding hydrogens is 306 g/mol. The van der Waals surface area contributed by atoms with E-state index in [0.29, 0.717) is 13.1 Å². The van der Waals surface area contributed by atoms with Crippen LogP contribution in [0.4, 0.5) is 9.80 Å². The average Bonchev–Trinajstić information content (AvgIpc) is 2.86. The Balaban J connectivity index is 2.38. The molecule has 0 spiro atoms. The van der Waals surface area contributed by atoms with Gasteiger partial charge in [-0.15, -0.1) is 0 Å². The zero-order valence-electron chi connectivity index (χ0n) is 13.3. The molecule has 1 aromatic rings. The van der Waals surface area contributed by atoms with E-state index in [1.807, 2.05) is 27.7 Å². The summed E-state index contributed by atoms with van der Waals surface area (Å²) >= 11 is 1.15. The van der Waals surface area contributed by atoms with Crippen molar-refractivity contribution in [3.8, 4) is 0 Å². The molecule has 7 nitrogen and oxygen atoms in total. The molecule has 8 heteroatoms. The lowest BCUT2D eigenvalue weighted by Gasteiger charge is -2.22. The van der Waals surface area contributed by atoms with Crippen LogP contribution >= 0.6 is 11.3 Å². The number of alkyl carbamates (subject to hydrolysis) is 1. The van der Waals surface area contributed by atoms with E-state index in [-0.39, 0.29) is 11.0 Å². The Morgan fingerprint density at radius 2 is 2.14 bits per heavy atom. The molecule has 0 aliphatic heterocycles. The number of rotatable bonds is 7. The van der Waals surface area contributed by atoms with Crippen molar-refractivity contribution in [1.82, 2.24) is 10.6 Å². The van der Waals surface area contributed by atoms with Gasteiger partial charge < -0.3 is 15.4 Å². The first-order chi connectivity index (χ1) is 10.2. The van der Waals surface area contributed by atoms with Gasteiger partial charge >= 0.3 is 11.1 Å². The summed E-state index contributed by atoms with van der Waals surface area (Å²) in [6.07, 6.45) is 0.378. The van der Waals surface area contributed by atoms with Crippen LogP contribution in [-0.4, -0.2) is 29.2 Å². The smallest absolute Gasteiger partial charge is 0.407 e. The Morgan fingerprint density at radius 3 is 2.64 bits per heavy atom. The molecule has 0 bridgehead atoms. The van der Waals surface area contributed by atoms with Gasteiger partial charge in [0.25, 0.3) is 0 Å². The molecule has 1 heterocycles. The molecule has 124 valence electrons. The van der Waals surface area contributed by atoms with Crippen molar-refractivity contribution in [3.63, 3.8) is 0 Å². The molecule has 0 aromatic carbocycles. The number of nitro groups is 1. The molecule has 22 heavy (non-hydrogen) atoms. The minimum absolute atomic E-state index is 0.0775. The highest BCUT2D eigenvalue weighted by molar-refractivity contribution is 7.15. The van der Waals surface area contributed by atoms with E-state index < -0.39 is 16.6 Å². The second-order valence-electron chi connectivity index (χ2n) is 5.87. The fraction of sp³-hybridized carbons (Fsp3) is 0.643. The molecule has 1 aromatic heterocycles. The van der Waals surface area contributed by atoms with Crippen molar-refractivity contribution in [1.29, 1.82) is 0 Å². The van der Waals surface area contributed by atoms with E-state index in [2.05, 4.69) is 10.6 Å². The average molecular weight is 329 g/mol. The van der Waals surface area contributed by atoms with Gasteiger partial charge in [-0.3, -0.25) is 10.1 Å². The first kappa shape index (κ1) is 18.4. The molecule has 1 unspecified atom stereocenters. The molecular formula is C14H23N3O4S. The number of hydrogen-bond donors (Lipinski definition) is 2. The number of thiophene rings is 1. The van der Waals surface area contributed by atoms with Crippen molar-refractivity contribution in [2.75, 3.05) is 6.54 Å². The van der Waals surface area contributed by atoms with Gasteiger partial charge in [0.05, 0.1) is 4.92 Å². The summed E-state index contributed by atoms with van der Waals surface area (Å²) < 4.78 is 5.17. The molecule has 0 fully saturated rings. The molecule has 2 N–H and O–H groups in total. The van der Waals surface area contributed by atoms with Crippen molar-refractivity contribution >= 4 is 22.4 Å². The first-order valence-electron chi connectivity index (χ1n) is 7.14. The van der Waals surface area contributed by atoms with Crippen LogP contribution in [0.2, 0.25) is 0 Å². The Bertz CT molecular complexity index is 510. The highest BCUT2D eigenvalue weighted by atomic mass is 32.1. The number of nitrogens with one attached hydrogen (secondary N) is 2. The summed E-state index contributed by atoms with van der Waals surface area (Å²) in [4.78, 5) is 22.7. The standard InChI is InChI=1S/C14H23N3O4S/c1-5-10(8-16-13(18)21-14(2,3)4)15-9-11-6-7-12(22-11)17(19)20/h6-7,10,15H,5,8-9H2,1-4H3,(H,16,18). The lowest BCUT2D eigenvalue weighted by molar-refractivity contribution is -0.380. The fourth-order valence-corrected chi connectivity index (χ4v) is 2.46. The predicted octanol–water partition coefficient (Wildman–Crippen LogP) is 3.05. The van der Waals surface area contributed by atoms with Gasteiger partial charge in [-0.25, -0.2) is 4.79 Å². The summed E-state index contributed by atoms with van der Waals surface area (Å²) in [5.41, 5.74) is -0.519. The van der Waals surface area contributed by atoms with Crippen LogP contribution in [0.25, 0.3) is 0 Å². The van der Waals surface area contributed by atoms with Gasteiger partial charge in [-0.2, -0.15) is 0 Å². The van der Waals surface area contributed by atoms with Gasteiger partial charge in [0.1, 0.15) is 5.60 Å². The summed E-state index contributed by atoms with van der Waals surface area (Å²) in [5, 5.41) is 16.8. The fourth-order valence-electron chi connectivity index (χ4n) is 1.69. The molecule has 1 amide bonds. The van der Waals surface area contributed by atoms with Crippen LogP contribution in [0, 0.1) is 10.1 Å². The Labute approximate surface area is 134 Å². The topological polar surface area (TPSA) is 93.5 Å². The quantitative estimate of drug-likeness (QED) is 0.592. The predicted molar refractivity (Wildman–Crippen MR) is 86.1 cm³/mol. The minimum Gasteiger partial charge on any atom is -0.444 e. The van der Waals surface area contributed by atoms with Crippen LogP contribution in [-0.2, 0) is 11.3 Å². The third-order valence-corrected chi connectivity index (χ3v) is 3.81. The van der Waals surface area contributed by atoms with Gasteiger partial charge in [-0.05, 0) is 33.3 Å². The van der Waals surface area contributed by atoms with Crippen LogP contribution in [0.5, 0.6) is 0 Å². The van der Waals surface area contributed by atoms with Crippen molar-refractivity contribution < 1.29 is 14.5 Å².